The van der Waals surface area contributed by atoms with Gasteiger partial charge in [0.25, 0.3) is 0 Å². The molecule has 2 fully saturated rings. The molecule has 0 bridgehead atoms. The molecule has 1 heterocycles. The van der Waals surface area contributed by atoms with Gasteiger partial charge in [0, 0.05) is 0 Å². The van der Waals surface area contributed by atoms with E-state index in [0.29, 0.717) is 12.8 Å². The highest BCUT2D eigenvalue weighted by Crippen LogP contribution is 2.54. The highest BCUT2D eigenvalue weighted by Gasteiger charge is 2.66. The summed E-state index contributed by atoms with van der Waals surface area (Å²) in [5.41, 5.74) is -3.17. The maximum absolute atomic E-state index is 14.2. The van der Waals surface area contributed by atoms with E-state index in [1.807, 2.05) is 0 Å². The van der Waals surface area contributed by atoms with Crippen LogP contribution in [0.4, 0.5) is 4.39 Å². The number of alkyl halides is 1. The number of nitrogens with zero attached hydrogens (tertiary/aromatic N) is 2. The number of hydrogen-bond donors (Lipinski definition) is 1. The van der Waals surface area contributed by atoms with E-state index in [1.165, 1.54) is 0 Å². The fourth-order valence-electron chi connectivity index (χ4n) is 2.67. The second kappa shape index (κ2) is 2.65. The van der Waals surface area contributed by atoms with E-state index in [1.54, 1.807) is 0 Å². The summed E-state index contributed by atoms with van der Waals surface area (Å²) in [5.74, 6) is -1.15. The van der Waals surface area contributed by atoms with Gasteiger partial charge in [0.1, 0.15) is 11.1 Å². The standard InChI is InChI=1S/C8H11FN2O3/c9-8-3-1-2-7(8,6(12)13)4-11(5-8)10-14/h1-5H2,(H,12,13). The van der Waals surface area contributed by atoms with E-state index in [9.17, 15) is 14.1 Å². The number of carbonyl (C=O) groups is 1. The maximum atomic E-state index is 14.2. The average molecular weight is 202 g/mol. The number of nitroso groups, excluding NO2 is 1. The van der Waals surface area contributed by atoms with E-state index in [-0.39, 0.29) is 19.5 Å². The number of fused-ring (bicyclic) bond motifs is 1. The molecule has 2 atom stereocenters. The van der Waals surface area contributed by atoms with Crippen molar-refractivity contribution in [2.24, 2.45) is 10.7 Å². The first kappa shape index (κ1) is 9.36. The molecule has 0 aromatic rings. The molecule has 1 aliphatic heterocycles. The van der Waals surface area contributed by atoms with Gasteiger partial charge in [0.2, 0.25) is 0 Å². The van der Waals surface area contributed by atoms with Crippen molar-refractivity contribution in [2.45, 2.75) is 24.9 Å². The van der Waals surface area contributed by atoms with E-state index in [4.69, 9.17) is 5.11 Å². The van der Waals surface area contributed by atoms with Crippen LogP contribution in [-0.2, 0) is 4.79 Å². The second-order valence-electron chi connectivity index (χ2n) is 4.11. The molecule has 0 spiro atoms. The zero-order chi connectivity index (χ0) is 10.4. The quantitative estimate of drug-likeness (QED) is 0.676. The van der Waals surface area contributed by atoms with E-state index in [2.05, 4.69) is 5.29 Å². The molecule has 0 amide bonds. The Morgan fingerprint density at radius 3 is 2.64 bits per heavy atom. The summed E-state index contributed by atoms with van der Waals surface area (Å²) in [4.78, 5) is 21.3. The monoisotopic (exact) mass is 202 g/mol. The SMILES string of the molecule is O=NN1CC2(F)CCCC2(C(=O)O)C1. The highest BCUT2D eigenvalue weighted by molar-refractivity contribution is 5.78. The van der Waals surface area contributed by atoms with Gasteiger partial charge in [-0.05, 0) is 19.3 Å². The maximum Gasteiger partial charge on any atom is 0.314 e. The largest absolute Gasteiger partial charge is 0.481 e. The van der Waals surface area contributed by atoms with Crippen LogP contribution in [0.25, 0.3) is 0 Å². The lowest BCUT2D eigenvalue weighted by molar-refractivity contribution is -0.153. The second-order valence-corrected chi connectivity index (χ2v) is 4.11. The van der Waals surface area contributed by atoms with E-state index < -0.39 is 17.1 Å². The van der Waals surface area contributed by atoms with Crippen LogP contribution in [0.1, 0.15) is 19.3 Å². The van der Waals surface area contributed by atoms with Crippen molar-refractivity contribution in [1.29, 1.82) is 0 Å². The fourth-order valence-corrected chi connectivity index (χ4v) is 2.67. The van der Waals surface area contributed by atoms with E-state index in [0.717, 1.165) is 5.01 Å². The lowest BCUT2D eigenvalue weighted by Crippen LogP contribution is -2.45. The van der Waals surface area contributed by atoms with Crippen molar-refractivity contribution in [1.82, 2.24) is 5.01 Å². The van der Waals surface area contributed by atoms with Crippen LogP contribution in [0.2, 0.25) is 0 Å². The summed E-state index contributed by atoms with van der Waals surface area (Å²) in [5, 5.41) is 12.6. The van der Waals surface area contributed by atoms with Crippen molar-refractivity contribution >= 4 is 5.97 Å². The minimum absolute atomic E-state index is 0.0949. The van der Waals surface area contributed by atoms with Gasteiger partial charge in [-0.1, -0.05) is 0 Å². The van der Waals surface area contributed by atoms with Gasteiger partial charge in [-0.3, -0.25) is 9.80 Å². The van der Waals surface area contributed by atoms with Crippen molar-refractivity contribution < 1.29 is 14.3 Å². The van der Waals surface area contributed by atoms with Crippen LogP contribution in [-0.4, -0.2) is 34.8 Å². The van der Waals surface area contributed by atoms with Gasteiger partial charge < -0.3 is 5.11 Å². The molecule has 5 nitrogen and oxygen atoms in total. The Bertz CT molecular complexity index is 298. The summed E-state index contributed by atoms with van der Waals surface area (Å²) in [6.07, 6.45) is 1.08. The fraction of sp³-hybridized carbons (Fsp3) is 0.875. The predicted octanol–water partition coefficient (Wildman–Crippen LogP) is 0.947. The molecule has 6 heteroatoms. The Balaban J connectivity index is 2.37. The Morgan fingerprint density at radius 2 is 2.14 bits per heavy atom. The first-order valence-corrected chi connectivity index (χ1v) is 4.55. The summed E-state index contributed by atoms with van der Waals surface area (Å²) >= 11 is 0. The molecule has 2 rings (SSSR count). The third-order valence-electron chi connectivity index (χ3n) is 3.44. The van der Waals surface area contributed by atoms with Gasteiger partial charge in [-0.2, -0.15) is 0 Å². The van der Waals surface area contributed by atoms with Crippen molar-refractivity contribution in [3.8, 4) is 0 Å². The van der Waals surface area contributed by atoms with Crippen molar-refractivity contribution in [2.75, 3.05) is 13.1 Å². The van der Waals surface area contributed by atoms with Crippen LogP contribution in [0, 0.1) is 10.3 Å². The number of aliphatic carboxylic acids is 1. The Kier molecular flexibility index (Phi) is 1.77. The van der Waals surface area contributed by atoms with Crippen molar-refractivity contribution in [3.05, 3.63) is 4.91 Å². The third kappa shape index (κ3) is 0.908. The molecule has 1 N–H and O–H groups in total. The molecule has 14 heavy (non-hydrogen) atoms. The van der Waals surface area contributed by atoms with Crippen LogP contribution in [0.15, 0.2) is 5.29 Å². The lowest BCUT2D eigenvalue weighted by Gasteiger charge is -2.27. The lowest BCUT2D eigenvalue weighted by atomic mass is 9.78. The van der Waals surface area contributed by atoms with Crippen molar-refractivity contribution in [3.63, 3.8) is 0 Å². The number of rotatable bonds is 2. The number of hydrogen-bond acceptors (Lipinski definition) is 3. The van der Waals surface area contributed by atoms with E-state index >= 15 is 0 Å². The Hall–Kier alpha value is -1.20. The molecule has 1 saturated carbocycles. The molecule has 1 saturated heterocycles. The number of carboxylic acids is 1. The molecule has 2 unspecified atom stereocenters. The predicted molar refractivity (Wildman–Crippen MR) is 45.1 cm³/mol. The van der Waals surface area contributed by atoms with Gasteiger partial charge in [0.15, 0.2) is 0 Å². The Morgan fingerprint density at radius 1 is 1.43 bits per heavy atom. The molecule has 1 aliphatic carbocycles. The van der Waals surface area contributed by atoms with Crippen LogP contribution in [0.5, 0.6) is 0 Å². The van der Waals surface area contributed by atoms with Gasteiger partial charge >= 0.3 is 5.97 Å². The van der Waals surface area contributed by atoms with Gasteiger partial charge in [-0.25, -0.2) is 4.39 Å². The smallest absolute Gasteiger partial charge is 0.314 e. The minimum Gasteiger partial charge on any atom is -0.481 e. The zero-order valence-corrected chi connectivity index (χ0v) is 7.57. The molecule has 2 aliphatic rings. The summed E-state index contributed by atoms with van der Waals surface area (Å²) in [6.45, 7) is -0.273. The highest BCUT2D eigenvalue weighted by atomic mass is 19.1. The van der Waals surface area contributed by atoms with Gasteiger partial charge in [0.05, 0.1) is 18.4 Å². The van der Waals surface area contributed by atoms with Gasteiger partial charge in [-0.15, -0.1) is 4.91 Å². The van der Waals surface area contributed by atoms with Crippen LogP contribution < -0.4 is 0 Å². The topological polar surface area (TPSA) is 70.0 Å². The first-order chi connectivity index (χ1) is 6.54. The molecule has 0 radical (unpaired) electrons. The molecule has 0 aromatic carbocycles. The van der Waals surface area contributed by atoms with Crippen LogP contribution in [0.3, 0.4) is 0 Å². The molecular formula is C8H11FN2O3. The normalized spacial score (nSPS) is 41.1. The summed E-state index contributed by atoms with van der Waals surface area (Å²) in [7, 11) is 0. The third-order valence-corrected chi connectivity index (χ3v) is 3.44. The average Bonchev–Trinajstić information content (AvgIpc) is 2.55. The molecule has 0 aromatic heterocycles. The summed E-state index contributed by atoms with van der Waals surface area (Å²) in [6, 6.07) is 0. The molecule has 78 valence electrons. The minimum atomic E-state index is -1.77. The van der Waals surface area contributed by atoms with Crippen LogP contribution >= 0.6 is 0 Å². The number of halogens is 1. The zero-order valence-electron chi connectivity index (χ0n) is 7.57. The Labute approximate surface area is 79.8 Å². The summed E-state index contributed by atoms with van der Waals surface area (Å²) < 4.78 is 14.2. The first-order valence-electron chi connectivity index (χ1n) is 4.55. The number of carboxylic acid groups (broad SMARTS) is 1. The molecular weight excluding hydrogens is 191 g/mol.